The maximum absolute atomic E-state index is 12.4. The number of Topliss-reactive ketones (excluding diaryl/α,β-unsaturated/α-hetero) is 1. The Morgan fingerprint density at radius 2 is 1.60 bits per heavy atom. The minimum absolute atomic E-state index is 0.126. The first kappa shape index (κ1) is 13.6. The van der Waals surface area contributed by atoms with Gasteiger partial charge in [0.25, 0.3) is 5.91 Å². The van der Waals surface area contributed by atoms with Crippen LogP contribution >= 0.6 is 0 Å². The van der Waals surface area contributed by atoms with E-state index in [4.69, 9.17) is 0 Å². The second kappa shape index (κ2) is 5.54. The highest BCUT2D eigenvalue weighted by Crippen LogP contribution is 2.28. The maximum atomic E-state index is 12.4. The van der Waals surface area contributed by atoms with Crippen LogP contribution in [-0.2, 0) is 14.4 Å². The van der Waals surface area contributed by atoms with E-state index in [0.29, 0.717) is 6.54 Å². The summed E-state index contributed by atoms with van der Waals surface area (Å²) in [5.41, 5.74) is 0. The lowest BCUT2D eigenvalue weighted by atomic mass is 9.94. The van der Waals surface area contributed by atoms with Crippen LogP contribution < -0.4 is 0 Å². The van der Waals surface area contributed by atoms with Crippen molar-refractivity contribution in [2.24, 2.45) is 5.92 Å². The van der Waals surface area contributed by atoms with E-state index < -0.39 is 17.6 Å². The molecule has 1 aliphatic carbocycles. The molecule has 0 N–H and O–H groups in total. The normalized spacial score (nSPS) is 28.5. The second-order valence-electron chi connectivity index (χ2n) is 6.20. The Kier molecular flexibility index (Phi) is 3.76. The van der Waals surface area contributed by atoms with Crippen molar-refractivity contribution < 1.29 is 14.4 Å². The third-order valence-electron chi connectivity index (χ3n) is 4.90. The standard InChI is InChI=1S/C15H22N2O3/c18-13-12(14(19)16-8-4-5-9-16)10-17(15(13)20)11-6-2-1-3-7-11/h11-12H,1-10H2/t12-/m0/s1. The Morgan fingerprint density at radius 3 is 2.25 bits per heavy atom. The molecule has 5 nitrogen and oxygen atoms in total. The lowest BCUT2D eigenvalue weighted by Crippen LogP contribution is -2.39. The average Bonchev–Trinajstić information content (AvgIpc) is 3.10. The van der Waals surface area contributed by atoms with Crippen LogP contribution in [0.25, 0.3) is 0 Å². The van der Waals surface area contributed by atoms with Gasteiger partial charge in [-0.2, -0.15) is 0 Å². The van der Waals surface area contributed by atoms with Crippen molar-refractivity contribution in [3.05, 3.63) is 0 Å². The number of carbonyl (C=O) groups excluding carboxylic acids is 3. The second-order valence-corrected chi connectivity index (χ2v) is 6.20. The molecule has 110 valence electrons. The van der Waals surface area contributed by atoms with Crippen molar-refractivity contribution in [3.8, 4) is 0 Å². The number of ketones is 1. The van der Waals surface area contributed by atoms with Gasteiger partial charge in [0.05, 0.1) is 0 Å². The van der Waals surface area contributed by atoms with E-state index in [9.17, 15) is 14.4 Å². The van der Waals surface area contributed by atoms with Crippen molar-refractivity contribution in [1.82, 2.24) is 9.80 Å². The van der Waals surface area contributed by atoms with E-state index in [1.807, 2.05) is 0 Å². The van der Waals surface area contributed by atoms with Crippen LogP contribution in [0.5, 0.6) is 0 Å². The van der Waals surface area contributed by atoms with Crippen LogP contribution in [0.3, 0.4) is 0 Å². The maximum Gasteiger partial charge on any atom is 0.291 e. The molecule has 5 heteroatoms. The molecular weight excluding hydrogens is 256 g/mol. The molecule has 3 aliphatic rings. The van der Waals surface area contributed by atoms with Gasteiger partial charge in [-0.3, -0.25) is 14.4 Å². The van der Waals surface area contributed by atoms with Crippen molar-refractivity contribution >= 4 is 17.6 Å². The quantitative estimate of drug-likeness (QED) is 0.558. The van der Waals surface area contributed by atoms with E-state index in [1.165, 1.54) is 6.42 Å². The van der Waals surface area contributed by atoms with Crippen LogP contribution in [0.2, 0.25) is 0 Å². The van der Waals surface area contributed by atoms with Gasteiger partial charge in [0, 0.05) is 25.7 Å². The fraction of sp³-hybridized carbons (Fsp3) is 0.800. The minimum atomic E-state index is -0.734. The van der Waals surface area contributed by atoms with Gasteiger partial charge >= 0.3 is 0 Å². The lowest BCUT2D eigenvalue weighted by molar-refractivity contribution is -0.145. The van der Waals surface area contributed by atoms with Crippen LogP contribution in [0, 0.1) is 5.92 Å². The first-order chi connectivity index (χ1) is 9.68. The fourth-order valence-electron chi connectivity index (χ4n) is 3.71. The Labute approximate surface area is 119 Å². The number of amides is 2. The Hall–Kier alpha value is -1.39. The first-order valence-corrected chi connectivity index (χ1v) is 7.82. The van der Waals surface area contributed by atoms with E-state index >= 15 is 0 Å². The molecule has 0 radical (unpaired) electrons. The molecule has 3 fully saturated rings. The van der Waals surface area contributed by atoms with Gasteiger partial charge < -0.3 is 9.80 Å². The average molecular weight is 278 g/mol. The number of rotatable bonds is 2. The highest BCUT2D eigenvalue weighted by Gasteiger charge is 2.47. The summed E-state index contributed by atoms with van der Waals surface area (Å²) >= 11 is 0. The van der Waals surface area contributed by atoms with Gasteiger partial charge in [-0.15, -0.1) is 0 Å². The van der Waals surface area contributed by atoms with Gasteiger partial charge in [0.15, 0.2) is 0 Å². The summed E-state index contributed by atoms with van der Waals surface area (Å²) in [6.45, 7) is 1.79. The molecule has 0 aromatic rings. The molecule has 20 heavy (non-hydrogen) atoms. The predicted octanol–water partition coefficient (Wildman–Crippen LogP) is 0.969. The summed E-state index contributed by atoms with van der Waals surface area (Å²) in [5, 5.41) is 0. The third kappa shape index (κ3) is 2.34. The summed E-state index contributed by atoms with van der Waals surface area (Å²) < 4.78 is 0. The molecule has 1 saturated carbocycles. The highest BCUT2D eigenvalue weighted by molar-refractivity contribution is 6.42. The molecule has 0 aromatic heterocycles. The smallest absolute Gasteiger partial charge is 0.291 e. The van der Waals surface area contributed by atoms with Crippen molar-refractivity contribution in [1.29, 1.82) is 0 Å². The molecule has 0 spiro atoms. The van der Waals surface area contributed by atoms with Gasteiger partial charge in [0.1, 0.15) is 5.92 Å². The lowest BCUT2D eigenvalue weighted by Gasteiger charge is -2.30. The molecule has 2 aliphatic heterocycles. The van der Waals surface area contributed by atoms with Crippen LogP contribution in [0.15, 0.2) is 0 Å². The van der Waals surface area contributed by atoms with Crippen LogP contribution in [-0.4, -0.2) is 53.1 Å². The SMILES string of the molecule is O=C1C(=O)N(C2CCCCC2)C[C@@H]1C(=O)N1CCCC1. The summed E-state index contributed by atoms with van der Waals surface area (Å²) in [4.78, 5) is 40.0. The molecule has 2 heterocycles. The number of likely N-dealkylation sites (tertiary alicyclic amines) is 2. The molecule has 2 amide bonds. The zero-order valence-corrected chi connectivity index (χ0v) is 11.8. The third-order valence-corrected chi connectivity index (χ3v) is 4.90. The largest absolute Gasteiger partial charge is 0.342 e. The predicted molar refractivity (Wildman–Crippen MR) is 72.9 cm³/mol. The van der Waals surface area contributed by atoms with Crippen LogP contribution in [0.4, 0.5) is 0 Å². The van der Waals surface area contributed by atoms with Crippen molar-refractivity contribution in [2.75, 3.05) is 19.6 Å². The van der Waals surface area contributed by atoms with E-state index in [2.05, 4.69) is 0 Å². The topological polar surface area (TPSA) is 57.7 Å². The number of hydrogen-bond donors (Lipinski definition) is 0. The molecule has 1 atom stereocenters. The zero-order chi connectivity index (χ0) is 14.1. The Bertz CT molecular complexity index is 423. The Balaban J connectivity index is 1.69. The van der Waals surface area contributed by atoms with Crippen LogP contribution in [0.1, 0.15) is 44.9 Å². The van der Waals surface area contributed by atoms with Gasteiger partial charge in [-0.25, -0.2) is 0 Å². The van der Waals surface area contributed by atoms with E-state index in [-0.39, 0.29) is 11.9 Å². The van der Waals surface area contributed by atoms with Crippen molar-refractivity contribution in [2.45, 2.75) is 51.0 Å². The minimum Gasteiger partial charge on any atom is -0.342 e. The number of carbonyl (C=O) groups is 3. The van der Waals surface area contributed by atoms with Gasteiger partial charge in [0.2, 0.25) is 11.7 Å². The number of hydrogen-bond acceptors (Lipinski definition) is 3. The molecule has 0 aromatic carbocycles. The van der Waals surface area contributed by atoms with Gasteiger partial charge in [-0.05, 0) is 25.7 Å². The monoisotopic (exact) mass is 278 g/mol. The van der Waals surface area contributed by atoms with E-state index in [0.717, 1.165) is 51.6 Å². The van der Waals surface area contributed by atoms with E-state index in [1.54, 1.807) is 9.80 Å². The summed E-state index contributed by atoms with van der Waals surface area (Å²) in [7, 11) is 0. The summed E-state index contributed by atoms with van der Waals surface area (Å²) in [6, 6.07) is 0.177. The first-order valence-electron chi connectivity index (χ1n) is 7.82. The molecule has 0 bridgehead atoms. The molecular formula is C15H22N2O3. The summed E-state index contributed by atoms with van der Waals surface area (Å²) in [6.07, 6.45) is 7.41. The number of nitrogens with zero attached hydrogens (tertiary/aromatic N) is 2. The van der Waals surface area contributed by atoms with Gasteiger partial charge in [-0.1, -0.05) is 19.3 Å². The Morgan fingerprint density at radius 1 is 0.950 bits per heavy atom. The molecule has 2 saturated heterocycles. The van der Waals surface area contributed by atoms with Crippen molar-refractivity contribution in [3.63, 3.8) is 0 Å². The fourth-order valence-corrected chi connectivity index (χ4v) is 3.71. The zero-order valence-electron chi connectivity index (χ0n) is 11.8. The molecule has 0 unspecified atom stereocenters. The highest BCUT2D eigenvalue weighted by atomic mass is 16.2. The molecule has 3 rings (SSSR count). The summed E-state index contributed by atoms with van der Waals surface area (Å²) in [5.74, 6) is -1.76.